The third-order valence-electron chi connectivity index (χ3n) is 2.76. The molecule has 9 nitrogen and oxygen atoms in total. The van der Waals surface area contributed by atoms with Crippen LogP contribution in [0.3, 0.4) is 0 Å². The minimum Gasteiger partial charge on any atom is -0.480 e. The zero-order valence-corrected chi connectivity index (χ0v) is 13.5. The van der Waals surface area contributed by atoms with Crippen LogP contribution in [0.4, 0.5) is 4.79 Å². The van der Waals surface area contributed by atoms with Crippen LogP contribution < -0.4 is 16.0 Å². The average molecular weight is 331 g/mol. The molecule has 0 aromatic carbocycles. The van der Waals surface area contributed by atoms with E-state index in [9.17, 15) is 19.2 Å². The Bertz CT molecular complexity index is 413. The first-order chi connectivity index (χ1) is 10.9. The SMILES string of the molecule is CCOC(=O)CCCNC(=O)NCCCC(=O)NC(C)C(=O)O. The van der Waals surface area contributed by atoms with Crippen LogP contribution in [0.25, 0.3) is 0 Å². The first kappa shape index (κ1) is 20.7. The highest BCUT2D eigenvalue weighted by Gasteiger charge is 2.13. The molecule has 0 aromatic heterocycles. The molecule has 0 bridgehead atoms. The first-order valence-electron chi connectivity index (χ1n) is 7.56. The molecule has 0 saturated carbocycles. The predicted molar refractivity (Wildman–Crippen MR) is 81.7 cm³/mol. The van der Waals surface area contributed by atoms with Crippen molar-refractivity contribution in [2.75, 3.05) is 19.7 Å². The van der Waals surface area contributed by atoms with Crippen molar-refractivity contribution in [2.24, 2.45) is 0 Å². The molecular weight excluding hydrogens is 306 g/mol. The Balaban J connectivity index is 3.58. The van der Waals surface area contributed by atoms with Gasteiger partial charge in [0, 0.05) is 25.9 Å². The highest BCUT2D eigenvalue weighted by molar-refractivity contribution is 5.83. The molecule has 0 heterocycles. The van der Waals surface area contributed by atoms with Gasteiger partial charge in [-0.05, 0) is 26.7 Å². The summed E-state index contributed by atoms with van der Waals surface area (Å²) in [5.41, 5.74) is 0. The molecule has 0 aromatic rings. The number of carboxylic acid groups (broad SMARTS) is 1. The third-order valence-corrected chi connectivity index (χ3v) is 2.76. The molecule has 0 spiro atoms. The maximum absolute atomic E-state index is 11.4. The fourth-order valence-electron chi connectivity index (χ4n) is 1.56. The lowest BCUT2D eigenvalue weighted by Gasteiger charge is -2.10. The van der Waals surface area contributed by atoms with Gasteiger partial charge in [-0.1, -0.05) is 0 Å². The second-order valence-electron chi connectivity index (χ2n) is 4.82. The summed E-state index contributed by atoms with van der Waals surface area (Å²) in [6.45, 7) is 4.08. The largest absolute Gasteiger partial charge is 0.480 e. The summed E-state index contributed by atoms with van der Waals surface area (Å²) in [6, 6.07) is -1.31. The van der Waals surface area contributed by atoms with Crippen LogP contribution in [0.5, 0.6) is 0 Å². The van der Waals surface area contributed by atoms with Crippen molar-refractivity contribution in [1.29, 1.82) is 0 Å². The monoisotopic (exact) mass is 331 g/mol. The number of amides is 3. The molecule has 3 amide bonds. The highest BCUT2D eigenvalue weighted by Crippen LogP contribution is 1.92. The molecule has 23 heavy (non-hydrogen) atoms. The van der Waals surface area contributed by atoms with Crippen LogP contribution in [0.15, 0.2) is 0 Å². The van der Waals surface area contributed by atoms with E-state index in [1.807, 2.05) is 0 Å². The lowest BCUT2D eigenvalue weighted by atomic mass is 10.2. The third kappa shape index (κ3) is 12.0. The zero-order chi connectivity index (χ0) is 17.7. The highest BCUT2D eigenvalue weighted by atomic mass is 16.5. The van der Waals surface area contributed by atoms with Crippen molar-refractivity contribution in [3.05, 3.63) is 0 Å². The van der Waals surface area contributed by atoms with Gasteiger partial charge in [-0.2, -0.15) is 0 Å². The van der Waals surface area contributed by atoms with Crippen molar-refractivity contribution < 1.29 is 29.0 Å². The second-order valence-corrected chi connectivity index (χ2v) is 4.82. The van der Waals surface area contributed by atoms with Gasteiger partial charge in [0.15, 0.2) is 0 Å². The summed E-state index contributed by atoms with van der Waals surface area (Å²) in [4.78, 5) is 44.4. The van der Waals surface area contributed by atoms with Crippen LogP contribution >= 0.6 is 0 Å². The number of hydrogen-bond acceptors (Lipinski definition) is 5. The normalized spacial score (nSPS) is 11.2. The van der Waals surface area contributed by atoms with E-state index in [4.69, 9.17) is 9.84 Å². The van der Waals surface area contributed by atoms with Crippen LogP contribution in [-0.2, 0) is 19.1 Å². The molecule has 0 rings (SSSR count). The average Bonchev–Trinajstić information content (AvgIpc) is 2.48. The molecular formula is C14H25N3O6. The smallest absolute Gasteiger partial charge is 0.325 e. The van der Waals surface area contributed by atoms with Gasteiger partial charge in [0.25, 0.3) is 0 Å². The van der Waals surface area contributed by atoms with Gasteiger partial charge >= 0.3 is 18.0 Å². The molecule has 1 unspecified atom stereocenters. The molecule has 0 radical (unpaired) electrons. The van der Waals surface area contributed by atoms with E-state index in [0.29, 0.717) is 32.5 Å². The van der Waals surface area contributed by atoms with E-state index in [2.05, 4.69) is 16.0 Å². The van der Waals surface area contributed by atoms with Gasteiger partial charge in [-0.15, -0.1) is 0 Å². The lowest BCUT2D eigenvalue weighted by molar-refractivity contribution is -0.143. The maximum Gasteiger partial charge on any atom is 0.325 e. The number of carboxylic acids is 1. The number of nitrogens with one attached hydrogen (secondary N) is 3. The summed E-state index contributed by atoms with van der Waals surface area (Å²) in [6.07, 6.45) is 1.26. The summed E-state index contributed by atoms with van der Waals surface area (Å²) in [7, 11) is 0. The molecule has 9 heteroatoms. The summed E-state index contributed by atoms with van der Waals surface area (Å²) >= 11 is 0. The van der Waals surface area contributed by atoms with Crippen LogP contribution in [0.2, 0.25) is 0 Å². The van der Waals surface area contributed by atoms with E-state index in [-0.39, 0.29) is 30.7 Å². The molecule has 0 aliphatic heterocycles. The molecule has 132 valence electrons. The summed E-state index contributed by atoms with van der Waals surface area (Å²) in [5, 5.41) is 16.1. The minimum atomic E-state index is -1.10. The van der Waals surface area contributed by atoms with Crippen molar-refractivity contribution >= 4 is 23.9 Å². The van der Waals surface area contributed by atoms with Crippen molar-refractivity contribution in [3.63, 3.8) is 0 Å². The number of aliphatic carboxylic acids is 1. The summed E-state index contributed by atoms with van der Waals surface area (Å²) < 4.78 is 4.75. The zero-order valence-electron chi connectivity index (χ0n) is 13.5. The predicted octanol–water partition coefficient (Wildman–Crippen LogP) is -0.00160. The Labute approximate surface area is 135 Å². The standard InChI is InChI=1S/C14H25N3O6/c1-3-23-12(19)7-5-9-16-14(22)15-8-4-6-11(18)17-10(2)13(20)21/h10H,3-9H2,1-2H3,(H,17,18)(H,20,21)(H2,15,16,22). The number of hydrogen-bond donors (Lipinski definition) is 4. The van der Waals surface area contributed by atoms with E-state index < -0.39 is 12.0 Å². The Morgan fingerprint density at radius 1 is 1.04 bits per heavy atom. The minimum absolute atomic E-state index is 0.126. The second kappa shape index (κ2) is 12.2. The van der Waals surface area contributed by atoms with Gasteiger partial charge in [0.1, 0.15) is 6.04 Å². The van der Waals surface area contributed by atoms with Gasteiger partial charge < -0.3 is 25.8 Å². The number of carbonyl (C=O) groups is 4. The number of rotatable bonds is 11. The molecule has 0 aliphatic carbocycles. The van der Waals surface area contributed by atoms with Crippen molar-refractivity contribution in [3.8, 4) is 0 Å². The van der Waals surface area contributed by atoms with Crippen LogP contribution in [0, 0.1) is 0 Å². The van der Waals surface area contributed by atoms with Gasteiger partial charge in [-0.25, -0.2) is 4.79 Å². The molecule has 0 aliphatic rings. The number of esters is 1. The first-order valence-corrected chi connectivity index (χ1v) is 7.56. The number of urea groups is 1. The maximum atomic E-state index is 11.4. The molecule has 0 saturated heterocycles. The Morgan fingerprint density at radius 2 is 1.61 bits per heavy atom. The van der Waals surface area contributed by atoms with Crippen molar-refractivity contribution in [2.45, 2.75) is 45.6 Å². The Hall–Kier alpha value is -2.32. The van der Waals surface area contributed by atoms with E-state index in [1.54, 1.807) is 6.92 Å². The number of ether oxygens (including phenoxy) is 1. The fourth-order valence-corrected chi connectivity index (χ4v) is 1.56. The summed E-state index contributed by atoms with van der Waals surface area (Å²) in [5.74, 6) is -1.77. The van der Waals surface area contributed by atoms with E-state index in [1.165, 1.54) is 6.92 Å². The van der Waals surface area contributed by atoms with Gasteiger partial charge in [0.2, 0.25) is 5.91 Å². The topological polar surface area (TPSA) is 134 Å². The fraction of sp³-hybridized carbons (Fsp3) is 0.714. The van der Waals surface area contributed by atoms with Gasteiger partial charge in [-0.3, -0.25) is 14.4 Å². The van der Waals surface area contributed by atoms with Crippen molar-refractivity contribution in [1.82, 2.24) is 16.0 Å². The lowest BCUT2D eigenvalue weighted by Crippen LogP contribution is -2.39. The molecule has 4 N–H and O–H groups in total. The van der Waals surface area contributed by atoms with E-state index >= 15 is 0 Å². The van der Waals surface area contributed by atoms with Crippen LogP contribution in [-0.4, -0.2) is 54.7 Å². The van der Waals surface area contributed by atoms with Crippen LogP contribution in [0.1, 0.15) is 39.5 Å². The Morgan fingerprint density at radius 3 is 2.13 bits per heavy atom. The molecule has 0 fully saturated rings. The van der Waals surface area contributed by atoms with E-state index in [0.717, 1.165) is 0 Å². The quantitative estimate of drug-likeness (QED) is 0.311. The van der Waals surface area contributed by atoms with Gasteiger partial charge in [0.05, 0.1) is 6.61 Å². The number of carbonyl (C=O) groups excluding carboxylic acids is 3. The molecule has 1 atom stereocenters. The Kier molecular flexibility index (Phi) is 11.0.